The molecule has 0 bridgehead atoms. The van der Waals surface area contributed by atoms with Crippen molar-refractivity contribution in [3.8, 4) is 0 Å². The molecular formula is C11H16N2S. The summed E-state index contributed by atoms with van der Waals surface area (Å²) in [6.07, 6.45) is 5.05. The van der Waals surface area contributed by atoms with Gasteiger partial charge in [0.05, 0.1) is 0 Å². The van der Waals surface area contributed by atoms with Crippen LogP contribution in [0.15, 0.2) is 24.5 Å². The Hall–Kier alpha value is -0.540. The van der Waals surface area contributed by atoms with Crippen molar-refractivity contribution in [2.75, 3.05) is 19.3 Å². The van der Waals surface area contributed by atoms with Crippen LogP contribution in [0, 0.1) is 5.92 Å². The Labute approximate surface area is 90.7 Å². The van der Waals surface area contributed by atoms with E-state index in [-0.39, 0.29) is 0 Å². The Bertz CT molecular complexity index is 289. The number of hydrogen-bond acceptors (Lipinski definition) is 3. The Morgan fingerprint density at radius 2 is 2.50 bits per heavy atom. The molecule has 0 unspecified atom stereocenters. The van der Waals surface area contributed by atoms with Crippen molar-refractivity contribution in [1.82, 2.24) is 9.88 Å². The molecule has 1 aliphatic rings. The average molecular weight is 208 g/mol. The van der Waals surface area contributed by atoms with Gasteiger partial charge in [0, 0.05) is 18.4 Å². The first kappa shape index (κ1) is 9.99. The zero-order valence-corrected chi connectivity index (χ0v) is 9.32. The lowest BCUT2D eigenvalue weighted by molar-refractivity contribution is 0.287. The summed E-state index contributed by atoms with van der Waals surface area (Å²) < 4.78 is 0. The van der Waals surface area contributed by atoms with Crippen molar-refractivity contribution in [1.29, 1.82) is 0 Å². The fourth-order valence-electron chi connectivity index (χ4n) is 2.30. The van der Waals surface area contributed by atoms with E-state index in [4.69, 9.17) is 0 Å². The molecule has 0 aromatic carbocycles. The van der Waals surface area contributed by atoms with E-state index in [0.717, 1.165) is 5.75 Å². The van der Waals surface area contributed by atoms with E-state index in [2.05, 4.69) is 35.6 Å². The van der Waals surface area contributed by atoms with Crippen LogP contribution in [0.2, 0.25) is 0 Å². The highest BCUT2D eigenvalue weighted by molar-refractivity contribution is 7.80. The van der Waals surface area contributed by atoms with Crippen LogP contribution in [0.3, 0.4) is 0 Å². The van der Waals surface area contributed by atoms with Gasteiger partial charge in [0.2, 0.25) is 0 Å². The summed E-state index contributed by atoms with van der Waals surface area (Å²) in [5.41, 5.74) is 1.33. The number of nitrogens with zero attached hydrogens (tertiary/aromatic N) is 2. The van der Waals surface area contributed by atoms with Crippen LogP contribution in [0.25, 0.3) is 0 Å². The molecule has 0 radical (unpaired) electrons. The second kappa shape index (κ2) is 4.32. The smallest absolute Gasteiger partial charge is 0.0396 e. The maximum atomic E-state index is 4.42. The van der Waals surface area contributed by atoms with Crippen molar-refractivity contribution < 1.29 is 0 Å². The van der Waals surface area contributed by atoms with E-state index >= 15 is 0 Å². The Balaban J connectivity index is 2.23. The van der Waals surface area contributed by atoms with Gasteiger partial charge in [-0.3, -0.25) is 9.88 Å². The van der Waals surface area contributed by atoms with E-state index in [1.165, 1.54) is 18.5 Å². The number of pyridine rings is 1. The van der Waals surface area contributed by atoms with Crippen LogP contribution >= 0.6 is 12.6 Å². The molecule has 2 rings (SSSR count). The highest BCUT2D eigenvalue weighted by Crippen LogP contribution is 2.35. The third kappa shape index (κ3) is 1.79. The van der Waals surface area contributed by atoms with Gasteiger partial charge in [-0.05, 0) is 43.3 Å². The second-order valence-electron chi connectivity index (χ2n) is 3.94. The molecule has 1 aliphatic heterocycles. The summed E-state index contributed by atoms with van der Waals surface area (Å²) >= 11 is 4.42. The third-order valence-corrected chi connectivity index (χ3v) is 3.50. The lowest BCUT2D eigenvalue weighted by atomic mass is 9.97. The molecule has 1 aromatic heterocycles. The largest absolute Gasteiger partial charge is 0.299 e. The standard InChI is InChI=1S/C11H16N2S/c1-13-6-4-10(8-14)11(13)9-3-2-5-12-7-9/h2-3,5,7,10-11,14H,4,6,8H2,1H3/t10-,11-/m1/s1. The van der Waals surface area contributed by atoms with E-state index in [1.54, 1.807) is 0 Å². The van der Waals surface area contributed by atoms with Crippen LogP contribution in [0.5, 0.6) is 0 Å². The summed E-state index contributed by atoms with van der Waals surface area (Å²) in [4.78, 5) is 6.58. The fraction of sp³-hybridized carbons (Fsp3) is 0.545. The summed E-state index contributed by atoms with van der Waals surface area (Å²) in [5.74, 6) is 1.64. The zero-order valence-electron chi connectivity index (χ0n) is 8.43. The molecule has 76 valence electrons. The summed E-state index contributed by atoms with van der Waals surface area (Å²) in [6, 6.07) is 4.69. The van der Waals surface area contributed by atoms with Gasteiger partial charge in [-0.2, -0.15) is 12.6 Å². The third-order valence-electron chi connectivity index (χ3n) is 3.03. The minimum atomic E-state index is 0.515. The average Bonchev–Trinajstić information content (AvgIpc) is 2.61. The van der Waals surface area contributed by atoms with Gasteiger partial charge in [-0.15, -0.1) is 0 Å². The van der Waals surface area contributed by atoms with E-state index in [1.807, 2.05) is 18.5 Å². The molecule has 0 amide bonds. The predicted molar refractivity (Wildman–Crippen MR) is 61.6 cm³/mol. The first-order valence-corrected chi connectivity index (χ1v) is 5.67. The Morgan fingerprint density at radius 3 is 3.14 bits per heavy atom. The minimum absolute atomic E-state index is 0.515. The number of aromatic nitrogens is 1. The van der Waals surface area contributed by atoms with E-state index < -0.39 is 0 Å². The van der Waals surface area contributed by atoms with Gasteiger partial charge in [0.25, 0.3) is 0 Å². The minimum Gasteiger partial charge on any atom is -0.299 e. The van der Waals surface area contributed by atoms with Crippen molar-refractivity contribution in [3.05, 3.63) is 30.1 Å². The van der Waals surface area contributed by atoms with Crippen LogP contribution in [-0.2, 0) is 0 Å². The molecule has 1 saturated heterocycles. The number of likely N-dealkylation sites (tertiary alicyclic amines) is 1. The van der Waals surface area contributed by atoms with E-state index in [9.17, 15) is 0 Å². The lowest BCUT2D eigenvalue weighted by Gasteiger charge is -2.24. The second-order valence-corrected chi connectivity index (χ2v) is 4.31. The zero-order chi connectivity index (χ0) is 9.97. The van der Waals surface area contributed by atoms with Gasteiger partial charge in [0.15, 0.2) is 0 Å². The predicted octanol–water partition coefficient (Wildman–Crippen LogP) is 2.00. The lowest BCUT2D eigenvalue weighted by Crippen LogP contribution is -2.21. The molecule has 2 atom stereocenters. The molecule has 0 aliphatic carbocycles. The van der Waals surface area contributed by atoms with Gasteiger partial charge in [0.1, 0.15) is 0 Å². The Morgan fingerprint density at radius 1 is 1.64 bits per heavy atom. The fourth-order valence-corrected chi connectivity index (χ4v) is 2.68. The monoisotopic (exact) mass is 208 g/mol. The van der Waals surface area contributed by atoms with Crippen molar-refractivity contribution >= 4 is 12.6 Å². The maximum absolute atomic E-state index is 4.42. The summed E-state index contributed by atoms with van der Waals surface area (Å²) in [6.45, 7) is 1.17. The molecule has 3 heteroatoms. The van der Waals surface area contributed by atoms with Gasteiger partial charge >= 0.3 is 0 Å². The molecule has 14 heavy (non-hydrogen) atoms. The first-order valence-electron chi connectivity index (χ1n) is 5.04. The molecule has 2 nitrogen and oxygen atoms in total. The topological polar surface area (TPSA) is 16.1 Å². The van der Waals surface area contributed by atoms with Crippen LogP contribution in [0.4, 0.5) is 0 Å². The molecule has 1 aromatic rings. The van der Waals surface area contributed by atoms with E-state index in [0.29, 0.717) is 12.0 Å². The number of hydrogen-bond donors (Lipinski definition) is 1. The quantitative estimate of drug-likeness (QED) is 0.748. The van der Waals surface area contributed by atoms with Gasteiger partial charge < -0.3 is 0 Å². The highest BCUT2D eigenvalue weighted by Gasteiger charge is 2.31. The summed E-state index contributed by atoms with van der Waals surface area (Å²) in [5, 5.41) is 0. The molecule has 1 fully saturated rings. The van der Waals surface area contributed by atoms with Crippen LogP contribution in [-0.4, -0.2) is 29.2 Å². The molecule has 0 N–H and O–H groups in total. The van der Waals surface area contributed by atoms with Gasteiger partial charge in [-0.1, -0.05) is 6.07 Å². The molecular weight excluding hydrogens is 192 g/mol. The Kier molecular flexibility index (Phi) is 3.08. The molecule has 0 saturated carbocycles. The summed E-state index contributed by atoms with van der Waals surface area (Å²) in [7, 11) is 2.18. The molecule has 0 spiro atoms. The number of rotatable bonds is 2. The highest BCUT2D eigenvalue weighted by atomic mass is 32.1. The van der Waals surface area contributed by atoms with Gasteiger partial charge in [-0.25, -0.2) is 0 Å². The normalized spacial score (nSPS) is 28.1. The SMILES string of the molecule is CN1CC[C@H](CS)[C@H]1c1cccnc1. The molecule has 2 heterocycles. The van der Waals surface area contributed by atoms with Crippen LogP contribution in [0.1, 0.15) is 18.0 Å². The van der Waals surface area contributed by atoms with Crippen molar-refractivity contribution in [3.63, 3.8) is 0 Å². The van der Waals surface area contributed by atoms with Crippen LogP contribution < -0.4 is 0 Å². The maximum Gasteiger partial charge on any atom is 0.0396 e. The van der Waals surface area contributed by atoms with Crippen molar-refractivity contribution in [2.45, 2.75) is 12.5 Å². The van der Waals surface area contributed by atoms with Crippen molar-refractivity contribution in [2.24, 2.45) is 5.92 Å². The first-order chi connectivity index (χ1) is 6.83. The number of thiol groups is 1.